The highest BCUT2D eigenvalue weighted by Gasteiger charge is 2.41. The van der Waals surface area contributed by atoms with E-state index in [1.165, 1.54) is 34.9 Å². The van der Waals surface area contributed by atoms with Crippen molar-refractivity contribution in [3.8, 4) is 0 Å². The normalized spacial score (nSPS) is 27.6. The van der Waals surface area contributed by atoms with E-state index in [1.807, 2.05) is 7.05 Å². The summed E-state index contributed by atoms with van der Waals surface area (Å²) in [5.74, 6) is 1.28. The summed E-state index contributed by atoms with van der Waals surface area (Å²) < 4.78 is 0. The van der Waals surface area contributed by atoms with Gasteiger partial charge in [0.1, 0.15) is 0 Å². The lowest BCUT2D eigenvalue weighted by Gasteiger charge is -2.48. The Morgan fingerprint density at radius 1 is 1.31 bits per heavy atom. The molecular weight excluding hydrogens is 380 g/mol. The van der Waals surface area contributed by atoms with E-state index in [9.17, 15) is 4.79 Å². The van der Waals surface area contributed by atoms with Gasteiger partial charge < -0.3 is 9.88 Å². The van der Waals surface area contributed by atoms with Crippen LogP contribution < -0.4 is 0 Å². The molecule has 3 aliphatic rings. The molecule has 5 nitrogen and oxygen atoms in total. The summed E-state index contributed by atoms with van der Waals surface area (Å²) in [6.45, 7) is 6.27. The fourth-order valence-electron chi connectivity index (χ4n) is 5.87. The summed E-state index contributed by atoms with van der Waals surface area (Å²) >= 11 is 5.60. The molecule has 1 N–H and O–H groups in total. The average molecular weight is 411 g/mol. The molecule has 1 aromatic heterocycles. The molecule has 0 radical (unpaired) electrons. The van der Waals surface area contributed by atoms with Gasteiger partial charge in [0.05, 0.1) is 0 Å². The number of amides is 1. The molecule has 3 atom stereocenters. The molecule has 1 aromatic carbocycles. The lowest BCUT2D eigenvalue weighted by molar-refractivity contribution is -0.128. The maximum absolute atomic E-state index is 12.0. The first-order chi connectivity index (χ1) is 14.1. The first-order valence-corrected chi connectivity index (χ1v) is 11.4. The van der Waals surface area contributed by atoms with E-state index in [0.29, 0.717) is 29.4 Å². The zero-order valence-corrected chi connectivity index (χ0v) is 18.2. The summed E-state index contributed by atoms with van der Waals surface area (Å²) in [5.41, 5.74) is 4.28. The van der Waals surface area contributed by atoms with Crippen LogP contribution in [0, 0.1) is 5.92 Å². The Morgan fingerprint density at radius 2 is 2.17 bits per heavy atom. The van der Waals surface area contributed by atoms with Crippen LogP contribution in [0.3, 0.4) is 0 Å². The number of hydrogen-bond acceptors (Lipinski definition) is 3. The minimum Gasteiger partial charge on any atom is -0.361 e. The summed E-state index contributed by atoms with van der Waals surface area (Å²) in [6.07, 6.45) is 6.32. The van der Waals surface area contributed by atoms with Crippen molar-refractivity contribution >= 4 is 34.1 Å². The van der Waals surface area contributed by atoms with Crippen LogP contribution in [-0.4, -0.2) is 70.0 Å². The number of piperidine rings is 1. The van der Waals surface area contributed by atoms with Crippen LogP contribution >= 0.6 is 12.2 Å². The van der Waals surface area contributed by atoms with Crippen LogP contribution in [0.15, 0.2) is 24.4 Å². The number of benzene rings is 1. The summed E-state index contributed by atoms with van der Waals surface area (Å²) in [7, 11) is 1.81. The topological polar surface area (TPSA) is 42.6 Å². The molecule has 0 spiro atoms. The SMILES string of the molecule is CCCN1CC(CN2CCC(=O)N(C)C2=S)C[C@@H]2c3cccc4[nH]cc(c34)C[C@H]21. The maximum atomic E-state index is 12.0. The molecule has 2 fully saturated rings. The third kappa shape index (κ3) is 3.17. The van der Waals surface area contributed by atoms with E-state index >= 15 is 0 Å². The molecule has 6 heteroatoms. The second-order valence-corrected chi connectivity index (χ2v) is 9.35. The van der Waals surface area contributed by atoms with Gasteiger partial charge in [-0.15, -0.1) is 0 Å². The third-order valence-corrected chi connectivity index (χ3v) is 7.71. The van der Waals surface area contributed by atoms with Gasteiger partial charge in [0.25, 0.3) is 0 Å². The highest BCUT2D eigenvalue weighted by molar-refractivity contribution is 7.80. The van der Waals surface area contributed by atoms with Gasteiger partial charge in [-0.05, 0) is 61.1 Å². The van der Waals surface area contributed by atoms with E-state index in [-0.39, 0.29) is 5.91 Å². The van der Waals surface area contributed by atoms with Gasteiger partial charge >= 0.3 is 0 Å². The lowest BCUT2D eigenvalue weighted by atomic mass is 9.72. The van der Waals surface area contributed by atoms with Crippen molar-refractivity contribution in [3.63, 3.8) is 0 Å². The Hall–Kier alpha value is -1.92. The predicted octanol–water partition coefficient (Wildman–Crippen LogP) is 3.36. The fraction of sp³-hybridized carbons (Fsp3) is 0.565. The number of H-pyrrole nitrogens is 1. The van der Waals surface area contributed by atoms with Gasteiger partial charge in [-0.25, -0.2) is 0 Å². The fourth-order valence-corrected chi connectivity index (χ4v) is 6.14. The van der Waals surface area contributed by atoms with E-state index in [1.54, 1.807) is 4.90 Å². The summed E-state index contributed by atoms with van der Waals surface area (Å²) in [4.78, 5) is 22.1. The Labute approximate surface area is 178 Å². The van der Waals surface area contributed by atoms with Crippen molar-refractivity contribution in [3.05, 3.63) is 35.5 Å². The second kappa shape index (κ2) is 7.40. The number of aromatic nitrogens is 1. The number of fused-ring (bicyclic) bond motifs is 2. The van der Waals surface area contributed by atoms with Gasteiger partial charge in [-0.1, -0.05) is 19.1 Å². The highest BCUT2D eigenvalue weighted by Crippen LogP contribution is 2.45. The lowest BCUT2D eigenvalue weighted by Crippen LogP contribution is -2.55. The molecule has 2 saturated heterocycles. The smallest absolute Gasteiger partial charge is 0.230 e. The largest absolute Gasteiger partial charge is 0.361 e. The highest BCUT2D eigenvalue weighted by atomic mass is 32.1. The number of likely N-dealkylation sites (tertiary alicyclic amines) is 1. The molecule has 0 bridgehead atoms. The molecule has 154 valence electrons. The minimum atomic E-state index is 0.140. The molecule has 2 aliphatic heterocycles. The maximum Gasteiger partial charge on any atom is 0.230 e. The van der Waals surface area contributed by atoms with E-state index in [0.717, 1.165) is 32.6 Å². The molecule has 1 amide bonds. The number of rotatable bonds is 4. The molecular formula is C23H30N4OS. The molecule has 1 unspecified atom stereocenters. The van der Waals surface area contributed by atoms with Crippen LogP contribution in [-0.2, 0) is 11.2 Å². The zero-order valence-electron chi connectivity index (χ0n) is 17.4. The van der Waals surface area contributed by atoms with Crippen LogP contribution in [0.1, 0.15) is 43.2 Å². The molecule has 1 aliphatic carbocycles. The van der Waals surface area contributed by atoms with Crippen LogP contribution in [0.4, 0.5) is 0 Å². The standard InChI is InChI=1S/C23H30N4OS/c1-3-8-26-13-15(14-27-9-7-21(28)25(2)23(27)29)10-18-17-5-4-6-19-22(17)16(12-24-19)11-20(18)26/h4-6,12,15,18,20,24H,3,7-11,13-14H2,1-2H3/t15?,18-,20-/m1/s1. The van der Waals surface area contributed by atoms with Crippen molar-refractivity contribution in [2.75, 3.05) is 33.2 Å². The van der Waals surface area contributed by atoms with Crippen molar-refractivity contribution in [2.24, 2.45) is 5.92 Å². The summed E-state index contributed by atoms with van der Waals surface area (Å²) in [5, 5.41) is 2.16. The predicted molar refractivity (Wildman–Crippen MR) is 120 cm³/mol. The van der Waals surface area contributed by atoms with Crippen molar-refractivity contribution in [2.45, 2.75) is 44.6 Å². The quantitative estimate of drug-likeness (QED) is 0.785. The number of hydrogen-bond donors (Lipinski definition) is 1. The van der Waals surface area contributed by atoms with Crippen molar-refractivity contribution in [1.29, 1.82) is 0 Å². The van der Waals surface area contributed by atoms with Crippen LogP contribution in [0.5, 0.6) is 0 Å². The zero-order chi connectivity index (χ0) is 20.1. The summed E-state index contributed by atoms with van der Waals surface area (Å²) in [6, 6.07) is 7.35. The van der Waals surface area contributed by atoms with Crippen LogP contribution in [0.2, 0.25) is 0 Å². The Bertz CT molecular complexity index is 954. The van der Waals surface area contributed by atoms with Crippen molar-refractivity contribution < 1.29 is 4.79 Å². The average Bonchev–Trinajstić information content (AvgIpc) is 3.14. The van der Waals surface area contributed by atoms with E-state index < -0.39 is 0 Å². The minimum absolute atomic E-state index is 0.140. The number of nitrogens with zero attached hydrogens (tertiary/aromatic N) is 3. The second-order valence-electron chi connectivity index (χ2n) is 8.99. The van der Waals surface area contributed by atoms with Gasteiger partial charge in [0.2, 0.25) is 5.91 Å². The first-order valence-electron chi connectivity index (χ1n) is 10.9. The molecule has 5 rings (SSSR count). The van der Waals surface area contributed by atoms with Gasteiger partial charge in [-0.2, -0.15) is 0 Å². The van der Waals surface area contributed by atoms with E-state index in [4.69, 9.17) is 12.2 Å². The Kier molecular flexibility index (Phi) is 4.87. The van der Waals surface area contributed by atoms with Gasteiger partial charge in [-0.3, -0.25) is 14.6 Å². The molecule has 2 aromatic rings. The van der Waals surface area contributed by atoms with E-state index in [2.05, 4.69) is 46.1 Å². The number of thiocarbonyl (C=S) groups is 1. The number of carbonyl (C=O) groups is 1. The Balaban J connectivity index is 1.43. The first kappa shape index (κ1) is 19.1. The van der Waals surface area contributed by atoms with Gasteiger partial charge in [0.15, 0.2) is 5.11 Å². The number of nitrogens with one attached hydrogen (secondary N) is 1. The number of aromatic amines is 1. The monoisotopic (exact) mass is 410 g/mol. The van der Waals surface area contributed by atoms with Gasteiger partial charge in [0, 0.05) is 62.2 Å². The Morgan fingerprint density at radius 3 is 3.00 bits per heavy atom. The molecule has 29 heavy (non-hydrogen) atoms. The molecule has 3 heterocycles. The van der Waals surface area contributed by atoms with Crippen molar-refractivity contribution in [1.82, 2.24) is 19.7 Å². The molecule has 0 saturated carbocycles. The third-order valence-electron chi connectivity index (χ3n) is 7.18. The van der Waals surface area contributed by atoms with Crippen LogP contribution in [0.25, 0.3) is 10.9 Å². The number of carbonyl (C=O) groups excluding carboxylic acids is 1.